The molecule has 4 heteroatoms. The van der Waals surface area contributed by atoms with Crippen LogP contribution in [0.3, 0.4) is 0 Å². The van der Waals surface area contributed by atoms with Crippen molar-refractivity contribution in [2.45, 2.75) is 6.92 Å². The summed E-state index contributed by atoms with van der Waals surface area (Å²) in [6, 6.07) is 6.52. The Morgan fingerprint density at radius 1 is 1.23 bits per heavy atom. The summed E-state index contributed by atoms with van der Waals surface area (Å²) < 4.78 is 0. The molecule has 0 amide bonds. The molecule has 1 aromatic rings. The maximum atomic E-state index is 8.98. The fourth-order valence-electron chi connectivity index (χ4n) is 1.01. The van der Waals surface area contributed by atoms with Crippen molar-refractivity contribution in [3.05, 3.63) is 35.9 Å². The van der Waals surface area contributed by atoms with Crippen LogP contribution in [0, 0.1) is 0 Å². The SMILES string of the molecule is CC=Cc1cccc([P+](O)(O)O)c1. The van der Waals surface area contributed by atoms with Gasteiger partial charge < -0.3 is 0 Å². The van der Waals surface area contributed by atoms with Gasteiger partial charge in [-0.05, 0) is 24.6 Å². The molecule has 0 radical (unpaired) electrons. The highest BCUT2D eigenvalue weighted by Gasteiger charge is 2.33. The fourth-order valence-corrected chi connectivity index (χ4v) is 1.62. The Balaban J connectivity index is 3.05. The number of rotatable bonds is 2. The highest BCUT2D eigenvalue weighted by atomic mass is 31.2. The topological polar surface area (TPSA) is 60.7 Å². The normalized spacial score (nSPS) is 12.3. The molecule has 0 aliphatic rings. The third-order valence-electron chi connectivity index (χ3n) is 1.58. The van der Waals surface area contributed by atoms with Gasteiger partial charge in [0.05, 0.1) is 0 Å². The molecule has 0 atom stereocenters. The van der Waals surface area contributed by atoms with E-state index >= 15 is 0 Å². The zero-order valence-electron chi connectivity index (χ0n) is 7.25. The van der Waals surface area contributed by atoms with Crippen LogP contribution < -0.4 is 5.30 Å². The molecule has 0 unspecified atom stereocenters. The number of hydrogen-bond donors (Lipinski definition) is 3. The first-order valence-corrected chi connectivity index (χ1v) is 5.49. The molecule has 0 spiro atoms. The van der Waals surface area contributed by atoms with Crippen LogP contribution in [0.2, 0.25) is 0 Å². The quantitative estimate of drug-likeness (QED) is 0.625. The van der Waals surface area contributed by atoms with Gasteiger partial charge in [-0.1, -0.05) is 24.3 Å². The maximum Gasteiger partial charge on any atom is 0.440 e. The lowest BCUT2D eigenvalue weighted by atomic mass is 10.2. The van der Waals surface area contributed by atoms with E-state index in [4.69, 9.17) is 14.7 Å². The summed E-state index contributed by atoms with van der Waals surface area (Å²) in [6.45, 7) is 1.87. The Hall–Kier alpha value is -0.730. The highest BCUT2D eigenvalue weighted by Crippen LogP contribution is 2.42. The van der Waals surface area contributed by atoms with Crippen LogP contribution in [-0.4, -0.2) is 14.7 Å². The van der Waals surface area contributed by atoms with Gasteiger partial charge >= 0.3 is 7.94 Å². The lowest BCUT2D eigenvalue weighted by molar-refractivity contribution is 0.347. The first kappa shape index (κ1) is 10.4. The van der Waals surface area contributed by atoms with E-state index in [1.165, 1.54) is 6.07 Å². The van der Waals surface area contributed by atoms with Gasteiger partial charge in [-0.2, -0.15) is 14.7 Å². The van der Waals surface area contributed by atoms with Gasteiger partial charge in [0.2, 0.25) is 0 Å². The average Bonchev–Trinajstić information content (AvgIpc) is 2.04. The number of benzene rings is 1. The van der Waals surface area contributed by atoms with Gasteiger partial charge in [-0.15, -0.1) is 0 Å². The molecule has 0 fully saturated rings. The molecular weight excluding hydrogens is 187 g/mol. The molecule has 0 aromatic heterocycles. The summed E-state index contributed by atoms with van der Waals surface area (Å²) in [5.41, 5.74) is 0.835. The second-order valence-corrected chi connectivity index (χ2v) is 4.32. The number of hydrogen-bond acceptors (Lipinski definition) is 3. The van der Waals surface area contributed by atoms with Crippen LogP contribution in [0.25, 0.3) is 6.08 Å². The molecule has 1 aromatic carbocycles. The molecule has 0 heterocycles. The largest absolute Gasteiger partial charge is 0.440 e. The van der Waals surface area contributed by atoms with Crippen molar-refractivity contribution < 1.29 is 14.7 Å². The van der Waals surface area contributed by atoms with Crippen LogP contribution in [-0.2, 0) is 0 Å². The van der Waals surface area contributed by atoms with E-state index in [0.29, 0.717) is 0 Å². The summed E-state index contributed by atoms with van der Waals surface area (Å²) in [4.78, 5) is 26.9. The van der Waals surface area contributed by atoms with Gasteiger partial charge in [0, 0.05) is 0 Å². The van der Waals surface area contributed by atoms with E-state index in [1.54, 1.807) is 12.1 Å². The summed E-state index contributed by atoms with van der Waals surface area (Å²) in [5, 5.41) is 0.170. The van der Waals surface area contributed by atoms with Gasteiger partial charge in [0.15, 0.2) is 5.30 Å². The Labute approximate surface area is 77.6 Å². The minimum atomic E-state index is -3.85. The van der Waals surface area contributed by atoms with Gasteiger partial charge in [0.25, 0.3) is 0 Å². The van der Waals surface area contributed by atoms with Crippen molar-refractivity contribution in [3.8, 4) is 0 Å². The molecule has 0 bridgehead atoms. The lowest BCUT2D eigenvalue weighted by Crippen LogP contribution is -2.08. The minimum absolute atomic E-state index is 0.170. The van der Waals surface area contributed by atoms with Gasteiger partial charge in [-0.3, -0.25) is 0 Å². The molecule has 70 valence electrons. The van der Waals surface area contributed by atoms with Crippen LogP contribution in [0.4, 0.5) is 0 Å². The second-order valence-electron chi connectivity index (χ2n) is 2.66. The Morgan fingerprint density at radius 3 is 2.46 bits per heavy atom. The molecule has 3 N–H and O–H groups in total. The monoisotopic (exact) mass is 199 g/mol. The first-order valence-electron chi connectivity index (χ1n) is 3.84. The average molecular weight is 199 g/mol. The van der Waals surface area contributed by atoms with Crippen molar-refractivity contribution in [1.29, 1.82) is 0 Å². The first-order chi connectivity index (χ1) is 6.04. The minimum Gasteiger partial charge on any atom is -0.189 e. The predicted octanol–water partition coefficient (Wildman–Crippen LogP) is 1.08. The van der Waals surface area contributed by atoms with E-state index in [9.17, 15) is 0 Å². The smallest absolute Gasteiger partial charge is 0.189 e. The van der Waals surface area contributed by atoms with Crippen molar-refractivity contribution in [3.63, 3.8) is 0 Å². The summed E-state index contributed by atoms with van der Waals surface area (Å²) in [7, 11) is -3.85. The van der Waals surface area contributed by atoms with Crippen molar-refractivity contribution in [1.82, 2.24) is 0 Å². The standard InChI is InChI=1S/C9H12O3P/c1-2-4-8-5-3-6-9(7-8)13(10,11)12/h2-7,10-12H,1H3/q+1. The van der Waals surface area contributed by atoms with Crippen molar-refractivity contribution in [2.24, 2.45) is 0 Å². The third-order valence-corrected chi connectivity index (χ3v) is 2.55. The predicted molar refractivity (Wildman–Crippen MR) is 54.4 cm³/mol. The summed E-state index contributed by atoms with van der Waals surface area (Å²) in [6.07, 6.45) is 3.66. The zero-order chi connectivity index (χ0) is 9.90. The molecule has 0 saturated heterocycles. The van der Waals surface area contributed by atoms with Crippen molar-refractivity contribution >= 4 is 19.3 Å². The van der Waals surface area contributed by atoms with Crippen LogP contribution >= 0.6 is 7.94 Å². The highest BCUT2D eigenvalue weighted by molar-refractivity contribution is 7.66. The zero-order valence-corrected chi connectivity index (χ0v) is 8.15. The van der Waals surface area contributed by atoms with E-state index in [2.05, 4.69) is 0 Å². The maximum absolute atomic E-state index is 8.98. The van der Waals surface area contributed by atoms with Gasteiger partial charge in [-0.25, -0.2) is 0 Å². The van der Waals surface area contributed by atoms with E-state index < -0.39 is 7.94 Å². The van der Waals surface area contributed by atoms with E-state index in [1.807, 2.05) is 25.1 Å². The van der Waals surface area contributed by atoms with Crippen LogP contribution in [0.15, 0.2) is 30.3 Å². The van der Waals surface area contributed by atoms with E-state index in [0.717, 1.165) is 5.56 Å². The second kappa shape index (κ2) is 3.99. The fraction of sp³-hybridized carbons (Fsp3) is 0.111. The molecule has 3 nitrogen and oxygen atoms in total. The van der Waals surface area contributed by atoms with Crippen LogP contribution in [0.5, 0.6) is 0 Å². The van der Waals surface area contributed by atoms with Crippen LogP contribution in [0.1, 0.15) is 12.5 Å². The lowest BCUT2D eigenvalue weighted by Gasteiger charge is -2.03. The Morgan fingerprint density at radius 2 is 1.92 bits per heavy atom. The summed E-state index contributed by atoms with van der Waals surface area (Å²) in [5.74, 6) is 0. The number of allylic oxidation sites excluding steroid dienone is 1. The molecule has 13 heavy (non-hydrogen) atoms. The van der Waals surface area contributed by atoms with Gasteiger partial charge in [0.1, 0.15) is 0 Å². The third kappa shape index (κ3) is 2.90. The Bertz CT molecular complexity index is 315. The molecule has 0 aliphatic heterocycles. The van der Waals surface area contributed by atoms with Crippen molar-refractivity contribution in [2.75, 3.05) is 0 Å². The van der Waals surface area contributed by atoms with E-state index in [-0.39, 0.29) is 5.30 Å². The Kier molecular flexibility index (Phi) is 3.17. The summed E-state index contributed by atoms with van der Waals surface area (Å²) >= 11 is 0. The molecule has 0 saturated carbocycles. The molecule has 1 rings (SSSR count). The molecule has 0 aliphatic carbocycles. The molecular formula is C9H12O3P+.